The fraction of sp³-hybridized carbons (Fsp3) is 0.571. The number of carbonyl (C=O) groups excluding carboxylic acids is 2. The predicted molar refractivity (Wildman–Crippen MR) is 156 cm³/mol. The Morgan fingerprint density at radius 3 is 2.44 bits per heavy atom. The molecule has 0 spiro atoms. The number of hydrogen-bond acceptors (Lipinski definition) is 9. The van der Waals surface area contributed by atoms with E-state index in [1.54, 1.807) is 23.8 Å². The maximum absolute atomic E-state index is 13.6. The summed E-state index contributed by atoms with van der Waals surface area (Å²) in [4.78, 5) is 28.8. The molecule has 0 saturated carbocycles. The van der Waals surface area contributed by atoms with Crippen LogP contribution in [0.15, 0.2) is 39.9 Å². The number of methoxy groups -OCH3 is 1. The number of aromatic nitrogens is 2. The Hall–Kier alpha value is -2.21. The molecule has 0 bridgehead atoms. The van der Waals surface area contributed by atoms with Crippen LogP contribution in [-0.2, 0) is 25.4 Å². The van der Waals surface area contributed by atoms with Gasteiger partial charge in [0, 0.05) is 11.7 Å². The van der Waals surface area contributed by atoms with Crippen LogP contribution in [0.2, 0.25) is 18.1 Å². The number of amides is 1. The normalized spacial score (nSPS) is 22.0. The summed E-state index contributed by atoms with van der Waals surface area (Å²) >= 11 is 3.06. The summed E-state index contributed by atoms with van der Waals surface area (Å²) in [5.41, 5.74) is 2.13. The molecule has 0 unspecified atom stereocenters. The average molecular weight is 590 g/mol. The molecule has 0 N–H and O–H groups in total. The van der Waals surface area contributed by atoms with E-state index in [-0.39, 0.29) is 41.5 Å². The van der Waals surface area contributed by atoms with Gasteiger partial charge in [-0.25, -0.2) is 4.79 Å². The Kier molecular flexibility index (Phi) is 8.66. The fourth-order valence-corrected chi connectivity index (χ4v) is 8.34. The van der Waals surface area contributed by atoms with Gasteiger partial charge in [-0.2, -0.15) is 0 Å². The lowest BCUT2D eigenvalue weighted by Crippen LogP contribution is -2.65. The van der Waals surface area contributed by atoms with Crippen molar-refractivity contribution in [2.75, 3.05) is 12.9 Å². The number of fused-ring (bicyclic) bond motifs is 1. The van der Waals surface area contributed by atoms with Crippen molar-refractivity contribution in [2.24, 2.45) is 11.8 Å². The van der Waals surface area contributed by atoms with E-state index < -0.39 is 14.3 Å². The van der Waals surface area contributed by atoms with Crippen LogP contribution in [0.3, 0.4) is 0 Å². The largest absolute Gasteiger partial charge is 0.497 e. The SMILES string of the molecule is COc1ccc(COC(=O)C2=C(CSc3nnc(C)s3)[C@H](C)[C@@H]3[C@@H]([C@@H](C)O[Si](C)(C)C(C)(C)C)C(=O)N23)cc1. The first-order valence-corrected chi connectivity index (χ1v) is 17.9. The Balaban J connectivity index is 1.56. The van der Waals surface area contributed by atoms with Gasteiger partial charge >= 0.3 is 5.97 Å². The van der Waals surface area contributed by atoms with Gasteiger partial charge in [-0.15, -0.1) is 10.2 Å². The highest BCUT2D eigenvalue weighted by Gasteiger charge is 2.61. The molecule has 3 heterocycles. The lowest BCUT2D eigenvalue weighted by molar-refractivity contribution is -0.163. The van der Waals surface area contributed by atoms with Gasteiger partial charge in [-0.1, -0.05) is 62.9 Å². The Morgan fingerprint density at radius 2 is 1.87 bits per heavy atom. The number of thioether (sulfide) groups is 1. The summed E-state index contributed by atoms with van der Waals surface area (Å²) in [6.07, 6.45) is -0.239. The van der Waals surface area contributed by atoms with Crippen molar-refractivity contribution in [3.8, 4) is 5.75 Å². The van der Waals surface area contributed by atoms with Crippen LogP contribution < -0.4 is 4.74 Å². The van der Waals surface area contributed by atoms with Crippen molar-refractivity contribution in [2.45, 2.75) is 82.8 Å². The molecule has 2 aliphatic rings. The summed E-state index contributed by atoms with van der Waals surface area (Å²) in [7, 11) is -0.473. The average Bonchev–Trinajstić information content (AvgIpc) is 3.38. The van der Waals surface area contributed by atoms with Gasteiger partial charge in [-0.3, -0.25) is 4.79 Å². The molecule has 1 saturated heterocycles. The van der Waals surface area contributed by atoms with Gasteiger partial charge in [0.1, 0.15) is 23.1 Å². The number of rotatable bonds is 10. The molecule has 1 amide bonds. The quantitative estimate of drug-likeness (QED) is 0.148. The molecule has 11 heteroatoms. The number of hydrogen-bond donors (Lipinski definition) is 0. The number of β-lactam (4-membered cyclic amide) rings is 1. The standard InChI is InChI=1S/C28H39N3O5S2Si/c1-16-21(15-37-27-30-29-18(3)38-27)24(26(33)35-14-19-10-12-20(34-7)13-11-19)31-23(16)22(25(31)32)17(2)36-39(8,9)28(4,5)6/h10-13,16-17,22-23H,14-15H2,1-9H3/t16-,17+,22+,23+/m0/s1. The van der Waals surface area contributed by atoms with Crippen LogP contribution in [0.25, 0.3) is 0 Å². The van der Waals surface area contributed by atoms with Gasteiger partial charge in [-0.05, 0) is 55.2 Å². The summed E-state index contributed by atoms with van der Waals surface area (Å²) in [5.74, 6) is 0.411. The van der Waals surface area contributed by atoms with E-state index in [1.807, 2.05) is 38.1 Å². The lowest BCUT2D eigenvalue weighted by Gasteiger charge is -2.50. The zero-order valence-electron chi connectivity index (χ0n) is 24.2. The van der Waals surface area contributed by atoms with Crippen molar-refractivity contribution in [3.05, 3.63) is 46.1 Å². The van der Waals surface area contributed by atoms with E-state index in [0.717, 1.165) is 26.2 Å². The van der Waals surface area contributed by atoms with E-state index in [9.17, 15) is 9.59 Å². The third-order valence-corrected chi connectivity index (χ3v) is 14.8. The molecule has 1 fully saturated rings. The summed E-state index contributed by atoms with van der Waals surface area (Å²) in [6.45, 7) is 17.1. The van der Waals surface area contributed by atoms with Crippen molar-refractivity contribution < 1.29 is 23.5 Å². The molecular weight excluding hydrogens is 551 g/mol. The third kappa shape index (κ3) is 5.96. The van der Waals surface area contributed by atoms with E-state index >= 15 is 0 Å². The number of ether oxygens (including phenoxy) is 2. The molecule has 0 radical (unpaired) electrons. The minimum atomic E-state index is -2.08. The van der Waals surface area contributed by atoms with Gasteiger partial charge in [0.25, 0.3) is 0 Å². The van der Waals surface area contributed by atoms with Gasteiger partial charge in [0.15, 0.2) is 12.7 Å². The van der Waals surface area contributed by atoms with Crippen molar-refractivity contribution in [1.29, 1.82) is 0 Å². The number of carbonyl (C=O) groups is 2. The Bertz CT molecular complexity index is 1250. The van der Waals surface area contributed by atoms with Crippen molar-refractivity contribution in [1.82, 2.24) is 15.1 Å². The first-order valence-electron chi connectivity index (χ1n) is 13.2. The van der Waals surface area contributed by atoms with Gasteiger partial charge < -0.3 is 18.8 Å². The summed E-state index contributed by atoms with van der Waals surface area (Å²) in [5, 5.41) is 9.25. The molecule has 1 aromatic carbocycles. The monoisotopic (exact) mass is 589 g/mol. The highest BCUT2D eigenvalue weighted by Crippen LogP contribution is 2.50. The molecule has 1 aromatic heterocycles. The second-order valence-corrected chi connectivity index (χ2v) is 18.9. The molecule has 4 atom stereocenters. The van der Waals surface area contributed by atoms with Crippen LogP contribution >= 0.6 is 23.1 Å². The van der Waals surface area contributed by atoms with Crippen LogP contribution in [0.5, 0.6) is 5.75 Å². The highest BCUT2D eigenvalue weighted by molar-refractivity contribution is 8.01. The highest BCUT2D eigenvalue weighted by atomic mass is 32.2. The van der Waals surface area contributed by atoms with E-state index in [2.05, 4.69) is 51.0 Å². The van der Waals surface area contributed by atoms with Gasteiger partial charge in [0.05, 0.1) is 25.2 Å². The van der Waals surface area contributed by atoms with Crippen molar-refractivity contribution >= 4 is 43.3 Å². The topological polar surface area (TPSA) is 90.9 Å². The minimum Gasteiger partial charge on any atom is -0.497 e. The number of aryl methyl sites for hydroxylation is 1. The Labute approximate surface area is 240 Å². The van der Waals surface area contributed by atoms with Gasteiger partial charge in [0.2, 0.25) is 5.91 Å². The fourth-order valence-electron chi connectivity index (χ4n) is 4.94. The van der Waals surface area contributed by atoms with Crippen LogP contribution in [0.1, 0.15) is 45.2 Å². The molecule has 2 aliphatic heterocycles. The molecule has 8 nitrogen and oxygen atoms in total. The summed E-state index contributed by atoms with van der Waals surface area (Å²) < 4.78 is 18.4. The number of nitrogens with zero attached hydrogens (tertiary/aromatic N) is 3. The second kappa shape index (κ2) is 11.3. The zero-order chi connectivity index (χ0) is 28.7. The molecule has 2 aromatic rings. The first-order chi connectivity index (χ1) is 18.2. The van der Waals surface area contributed by atoms with Crippen LogP contribution in [-0.4, -0.2) is 60.3 Å². The molecular formula is C28H39N3O5S2Si. The number of esters is 1. The smallest absolute Gasteiger partial charge is 0.355 e. The lowest BCUT2D eigenvalue weighted by atomic mass is 9.78. The van der Waals surface area contributed by atoms with E-state index in [1.165, 1.54) is 11.3 Å². The Morgan fingerprint density at radius 1 is 1.21 bits per heavy atom. The molecule has 39 heavy (non-hydrogen) atoms. The maximum atomic E-state index is 13.6. The van der Waals surface area contributed by atoms with Crippen molar-refractivity contribution in [3.63, 3.8) is 0 Å². The second-order valence-electron chi connectivity index (χ2n) is 11.8. The molecule has 4 rings (SSSR count). The first kappa shape index (κ1) is 29.8. The molecule has 0 aliphatic carbocycles. The van der Waals surface area contributed by atoms with Crippen LogP contribution in [0.4, 0.5) is 0 Å². The summed E-state index contributed by atoms with van der Waals surface area (Å²) in [6, 6.07) is 7.25. The minimum absolute atomic E-state index is 0.0109. The third-order valence-electron chi connectivity index (χ3n) is 8.17. The van der Waals surface area contributed by atoms with E-state index in [4.69, 9.17) is 13.9 Å². The zero-order valence-corrected chi connectivity index (χ0v) is 26.9. The molecule has 212 valence electrons. The van der Waals surface area contributed by atoms with Crippen LogP contribution in [0, 0.1) is 18.8 Å². The maximum Gasteiger partial charge on any atom is 0.355 e. The number of benzene rings is 1. The van der Waals surface area contributed by atoms with E-state index in [0.29, 0.717) is 11.4 Å². The predicted octanol–water partition coefficient (Wildman–Crippen LogP) is 5.83.